The summed E-state index contributed by atoms with van der Waals surface area (Å²) in [7, 11) is 0. The highest BCUT2D eigenvalue weighted by molar-refractivity contribution is 9.10. The van der Waals surface area contributed by atoms with E-state index in [4.69, 9.17) is 5.73 Å². The van der Waals surface area contributed by atoms with E-state index in [9.17, 15) is 18.4 Å². The van der Waals surface area contributed by atoms with Crippen LogP contribution in [-0.4, -0.2) is 26.6 Å². The minimum Gasteiger partial charge on any atom is -0.365 e. The summed E-state index contributed by atoms with van der Waals surface area (Å²) in [6.07, 6.45) is 0.477. The zero-order valence-electron chi connectivity index (χ0n) is 15.2. The monoisotopic (exact) mass is 483 g/mol. The number of aromatic nitrogens is 3. The average molecular weight is 484 g/mol. The van der Waals surface area contributed by atoms with Crippen LogP contribution >= 0.6 is 27.3 Å². The summed E-state index contributed by atoms with van der Waals surface area (Å²) in [4.78, 5) is 29.4. The SMILES string of the molecule is CCn1ncc(Br)c1C(=O)Nc1c(C(N)=O)sc2nc(C(F)F)cc(C3CC3)c12. The molecule has 0 spiro atoms. The lowest BCUT2D eigenvalue weighted by Crippen LogP contribution is -2.20. The van der Waals surface area contributed by atoms with Crippen LogP contribution in [0, 0.1) is 0 Å². The Bertz CT molecular complexity index is 1140. The number of nitrogens with zero attached hydrogens (tertiary/aromatic N) is 3. The molecule has 0 atom stereocenters. The lowest BCUT2D eigenvalue weighted by molar-refractivity contribution is 0.100. The number of hydrogen-bond acceptors (Lipinski definition) is 5. The van der Waals surface area contributed by atoms with Gasteiger partial charge in [0.1, 0.15) is 21.1 Å². The molecule has 1 aliphatic carbocycles. The number of fused-ring (bicyclic) bond motifs is 1. The first-order chi connectivity index (χ1) is 13.8. The van der Waals surface area contributed by atoms with Crippen LogP contribution in [0.3, 0.4) is 0 Å². The average Bonchev–Trinajstić information content (AvgIpc) is 3.36. The maximum atomic E-state index is 13.3. The molecular formula is C18H16BrF2N5O2S. The third kappa shape index (κ3) is 3.52. The van der Waals surface area contributed by atoms with Crippen molar-refractivity contribution in [2.24, 2.45) is 5.73 Å². The molecule has 0 radical (unpaired) electrons. The Hall–Kier alpha value is -2.40. The molecule has 152 valence electrons. The second kappa shape index (κ2) is 7.45. The Kier molecular flexibility index (Phi) is 5.11. The number of rotatable bonds is 6. The molecule has 7 nitrogen and oxygen atoms in total. The summed E-state index contributed by atoms with van der Waals surface area (Å²) in [5, 5.41) is 7.37. The van der Waals surface area contributed by atoms with E-state index in [1.807, 2.05) is 6.92 Å². The molecular weight excluding hydrogens is 468 g/mol. The normalized spacial score (nSPS) is 14.0. The van der Waals surface area contributed by atoms with Gasteiger partial charge in [-0.25, -0.2) is 13.8 Å². The Labute approximate surface area is 176 Å². The number of aryl methyl sites for hydroxylation is 1. The first-order valence-electron chi connectivity index (χ1n) is 8.89. The molecule has 2 amide bonds. The zero-order valence-corrected chi connectivity index (χ0v) is 17.6. The molecule has 1 fully saturated rings. The number of primary amides is 1. The number of halogens is 3. The fourth-order valence-electron chi connectivity index (χ4n) is 3.27. The third-order valence-electron chi connectivity index (χ3n) is 4.72. The molecule has 29 heavy (non-hydrogen) atoms. The van der Waals surface area contributed by atoms with Crippen LogP contribution in [0.15, 0.2) is 16.7 Å². The van der Waals surface area contributed by atoms with E-state index >= 15 is 0 Å². The summed E-state index contributed by atoms with van der Waals surface area (Å²) in [6, 6.07) is 1.37. The number of alkyl halides is 2. The summed E-state index contributed by atoms with van der Waals surface area (Å²) in [5.41, 5.74) is 6.33. The van der Waals surface area contributed by atoms with Crippen molar-refractivity contribution in [3.63, 3.8) is 0 Å². The van der Waals surface area contributed by atoms with Gasteiger partial charge in [-0.2, -0.15) is 5.10 Å². The van der Waals surface area contributed by atoms with Gasteiger partial charge >= 0.3 is 0 Å². The first-order valence-corrected chi connectivity index (χ1v) is 10.5. The number of anilines is 1. The van der Waals surface area contributed by atoms with E-state index in [0.29, 0.717) is 22.0 Å². The van der Waals surface area contributed by atoms with Crippen molar-refractivity contribution in [2.45, 2.75) is 38.7 Å². The topological polar surface area (TPSA) is 103 Å². The van der Waals surface area contributed by atoms with Crippen molar-refractivity contribution in [3.05, 3.63) is 38.6 Å². The largest absolute Gasteiger partial charge is 0.365 e. The molecule has 0 aromatic carbocycles. The van der Waals surface area contributed by atoms with Gasteiger partial charge in [0.25, 0.3) is 18.2 Å². The zero-order chi connectivity index (χ0) is 20.9. The number of amides is 2. The van der Waals surface area contributed by atoms with Crippen molar-refractivity contribution in [1.29, 1.82) is 0 Å². The Morgan fingerprint density at radius 1 is 1.45 bits per heavy atom. The van der Waals surface area contributed by atoms with E-state index in [0.717, 1.165) is 24.2 Å². The summed E-state index contributed by atoms with van der Waals surface area (Å²) in [5.74, 6) is -1.15. The van der Waals surface area contributed by atoms with Gasteiger partial charge in [-0.05, 0) is 53.2 Å². The van der Waals surface area contributed by atoms with Crippen molar-refractivity contribution in [3.8, 4) is 0 Å². The van der Waals surface area contributed by atoms with E-state index < -0.39 is 18.2 Å². The smallest absolute Gasteiger partial charge is 0.280 e. The molecule has 0 bridgehead atoms. The molecule has 3 aromatic heterocycles. The van der Waals surface area contributed by atoms with Crippen LogP contribution < -0.4 is 11.1 Å². The number of nitrogens with two attached hydrogens (primary N) is 1. The number of pyridine rings is 1. The first kappa shape index (κ1) is 19.9. The summed E-state index contributed by atoms with van der Waals surface area (Å²) in [6.45, 7) is 2.31. The number of carbonyl (C=O) groups is 2. The van der Waals surface area contributed by atoms with Crippen LogP contribution in [0.25, 0.3) is 10.2 Å². The van der Waals surface area contributed by atoms with Crippen LogP contribution in [0.4, 0.5) is 14.5 Å². The van der Waals surface area contributed by atoms with Crippen LogP contribution in [0.5, 0.6) is 0 Å². The lowest BCUT2D eigenvalue weighted by atomic mass is 10.0. The van der Waals surface area contributed by atoms with Crippen LogP contribution in [0.1, 0.15) is 63.5 Å². The van der Waals surface area contributed by atoms with Gasteiger partial charge in [0.15, 0.2) is 0 Å². The molecule has 1 aliphatic rings. The van der Waals surface area contributed by atoms with Gasteiger partial charge < -0.3 is 11.1 Å². The number of carbonyl (C=O) groups excluding carboxylic acids is 2. The summed E-state index contributed by atoms with van der Waals surface area (Å²) < 4.78 is 28.6. The molecule has 3 heterocycles. The lowest BCUT2D eigenvalue weighted by Gasteiger charge is -2.11. The Balaban J connectivity index is 1.88. The molecule has 0 saturated heterocycles. The van der Waals surface area contributed by atoms with Crippen molar-refractivity contribution in [1.82, 2.24) is 14.8 Å². The minimum atomic E-state index is -2.73. The molecule has 0 aliphatic heterocycles. The molecule has 0 unspecified atom stereocenters. The third-order valence-corrected chi connectivity index (χ3v) is 6.40. The minimum absolute atomic E-state index is 0.0767. The maximum Gasteiger partial charge on any atom is 0.280 e. The quantitative estimate of drug-likeness (QED) is 0.540. The number of hydrogen-bond donors (Lipinski definition) is 2. The van der Waals surface area contributed by atoms with E-state index in [2.05, 4.69) is 31.3 Å². The fourth-order valence-corrected chi connectivity index (χ4v) is 4.77. The Morgan fingerprint density at radius 2 is 2.17 bits per heavy atom. The Morgan fingerprint density at radius 3 is 2.76 bits per heavy atom. The van der Waals surface area contributed by atoms with Crippen molar-refractivity contribution >= 4 is 55.0 Å². The predicted octanol–water partition coefficient (Wildman–Crippen LogP) is 4.44. The van der Waals surface area contributed by atoms with Gasteiger partial charge in [-0.3, -0.25) is 14.3 Å². The predicted molar refractivity (Wildman–Crippen MR) is 109 cm³/mol. The molecule has 3 aromatic rings. The van der Waals surface area contributed by atoms with Gasteiger partial charge in [0.2, 0.25) is 0 Å². The second-order valence-electron chi connectivity index (χ2n) is 6.67. The molecule has 11 heteroatoms. The number of thiophene rings is 1. The highest BCUT2D eigenvalue weighted by atomic mass is 79.9. The van der Waals surface area contributed by atoms with Crippen molar-refractivity contribution < 1.29 is 18.4 Å². The highest BCUT2D eigenvalue weighted by Gasteiger charge is 2.32. The second-order valence-corrected chi connectivity index (χ2v) is 8.53. The fraction of sp³-hybridized carbons (Fsp3) is 0.333. The van der Waals surface area contributed by atoms with E-state index in [1.165, 1.54) is 16.9 Å². The standard InChI is InChI=1S/C18H16BrF2N5O2S/c1-2-26-13(9(19)6-23-26)17(28)25-12-11-8(7-3-4-7)5-10(15(20)21)24-18(11)29-14(12)16(22)27/h5-7,15H,2-4H2,1H3,(H2,22,27)(H,25,28). The number of nitrogens with one attached hydrogen (secondary N) is 1. The van der Waals surface area contributed by atoms with Crippen molar-refractivity contribution in [2.75, 3.05) is 5.32 Å². The van der Waals surface area contributed by atoms with Gasteiger partial charge in [0.05, 0.1) is 16.4 Å². The summed E-state index contributed by atoms with van der Waals surface area (Å²) >= 11 is 4.21. The van der Waals surface area contributed by atoms with Gasteiger partial charge in [-0.15, -0.1) is 11.3 Å². The van der Waals surface area contributed by atoms with Gasteiger partial charge in [0, 0.05) is 11.9 Å². The molecule has 4 rings (SSSR count). The van der Waals surface area contributed by atoms with E-state index in [1.54, 1.807) is 0 Å². The van der Waals surface area contributed by atoms with E-state index in [-0.39, 0.29) is 32.7 Å². The van der Waals surface area contributed by atoms with Crippen LogP contribution in [-0.2, 0) is 6.54 Å². The highest BCUT2D eigenvalue weighted by Crippen LogP contribution is 2.48. The molecule has 3 N–H and O–H groups in total. The molecule has 1 saturated carbocycles. The van der Waals surface area contributed by atoms with Crippen LogP contribution in [0.2, 0.25) is 0 Å². The maximum absolute atomic E-state index is 13.3. The van der Waals surface area contributed by atoms with Gasteiger partial charge in [-0.1, -0.05) is 0 Å².